The highest BCUT2D eigenvalue weighted by Crippen LogP contribution is 2.37. The molecule has 0 aliphatic carbocycles. The van der Waals surface area contributed by atoms with Gasteiger partial charge in [-0.05, 0) is 43.5 Å². The van der Waals surface area contributed by atoms with Gasteiger partial charge in [-0.25, -0.2) is 4.39 Å². The number of aldehydes is 1. The van der Waals surface area contributed by atoms with Crippen LogP contribution in [-0.2, 0) is 16.9 Å². The van der Waals surface area contributed by atoms with E-state index in [9.17, 15) is 9.18 Å². The number of carbonyl (C=O) groups is 1. The first-order chi connectivity index (χ1) is 8.43. The highest BCUT2D eigenvalue weighted by atomic mass is 19.1. The van der Waals surface area contributed by atoms with Crippen molar-refractivity contribution in [1.29, 1.82) is 0 Å². The van der Waals surface area contributed by atoms with Crippen LogP contribution in [-0.4, -0.2) is 20.5 Å². The van der Waals surface area contributed by atoms with Crippen LogP contribution in [0.3, 0.4) is 0 Å². The van der Waals surface area contributed by atoms with Crippen LogP contribution in [0.1, 0.15) is 31.4 Å². The second-order valence-corrected chi connectivity index (χ2v) is 4.54. The van der Waals surface area contributed by atoms with Gasteiger partial charge in [0.05, 0.1) is 14.2 Å². The van der Waals surface area contributed by atoms with Gasteiger partial charge >= 0.3 is 0 Å². The molecule has 0 aliphatic heterocycles. The van der Waals surface area contributed by atoms with Crippen molar-refractivity contribution in [3.05, 3.63) is 23.3 Å². The maximum absolute atomic E-state index is 14.2. The average molecular weight is 254 g/mol. The van der Waals surface area contributed by atoms with Crippen molar-refractivity contribution < 1.29 is 18.7 Å². The fraction of sp³-hybridized carbons (Fsp3) is 0.500. The number of benzene rings is 1. The largest absolute Gasteiger partial charge is 0.493 e. The first-order valence-corrected chi connectivity index (χ1v) is 5.82. The lowest BCUT2D eigenvalue weighted by molar-refractivity contribution is -0.107. The fourth-order valence-corrected chi connectivity index (χ4v) is 1.90. The first kappa shape index (κ1) is 14.5. The number of alkyl halides is 1. The molecule has 0 radical (unpaired) electrons. The average Bonchev–Trinajstić information content (AvgIpc) is 2.33. The Labute approximate surface area is 107 Å². The summed E-state index contributed by atoms with van der Waals surface area (Å²) >= 11 is 0. The van der Waals surface area contributed by atoms with Gasteiger partial charge in [-0.15, -0.1) is 0 Å². The Hall–Kier alpha value is -1.58. The van der Waals surface area contributed by atoms with E-state index >= 15 is 0 Å². The zero-order valence-electron chi connectivity index (χ0n) is 11.2. The highest BCUT2D eigenvalue weighted by Gasteiger charge is 2.24. The number of aryl methyl sites for hydroxylation is 1. The molecule has 0 bridgehead atoms. The van der Waals surface area contributed by atoms with Crippen molar-refractivity contribution in [3.8, 4) is 11.5 Å². The van der Waals surface area contributed by atoms with Crippen LogP contribution in [0.2, 0.25) is 0 Å². The second kappa shape index (κ2) is 5.85. The number of hydrogen-bond acceptors (Lipinski definition) is 3. The Balaban J connectivity index is 3.31. The van der Waals surface area contributed by atoms with Gasteiger partial charge in [0.25, 0.3) is 0 Å². The van der Waals surface area contributed by atoms with Crippen LogP contribution >= 0.6 is 0 Å². The first-order valence-electron chi connectivity index (χ1n) is 5.82. The van der Waals surface area contributed by atoms with Crippen molar-refractivity contribution in [2.45, 2.75) is 32.4 Å². The summed E-state index contributed by atoms with van der Waals surface area (Å²) < 4.78 is 24.5. The zero-order valence-corrected chi connectivity index (χ0v) is 11.2. The molecule has 100 valence electrons. The number of hydrogen-bond donors (Lipinski definition) is 0. The summed E-state index contributed by atoms with van der Waals surface area (Å²) in [6.07, 6.45) is 1.68. The third kappa shape index (κ3) is 3.22. The minimum atomic E-state index is -1.49. The monoisotopic (exact) mass is 254 g/mol. The second-order valence-electron chi connectivity index (χ2n) is 4.54. The Bertz CT molecular complexity index is 422. The maximum atomic E-state index is 14.2. The summed E-state index contributed by atoms with van der Waals surface area (Å²) in [5, 5.41) is 0. The molecule has 0 atom stereocenters. The number of ether oxygens (including phenoxy) is 2. The third-order valence-electron chi connectivity index (χ3n) is 2.78. The maximum Gasteiger partial charge on any atom is 0.161 e. The van der Waals surface area contributed by atoms with Gasteiger partial charge in [0.2, 0.25) is 0 Å². The van der Waals surface area contributed by atoms with E-state index < -0.39 is 5.67 Å². The van der Waals surface area contributed by atoms with Crippen LogP contribution in [0.25, 0.3) is 0 Å². The van der Waals surface area contributed by atoms with Gasteiger partial charge in [0.1, 0.15) is 12.0 Å². The van der Waals surface area contributed by atoms with Crippen molar-refractivity contribution in [2.24, 2.45) is 0 Å². The van der Waals surface area contributed by atoms with E-state index in [1.165, 1.54) is 28.1 Å². The molecule has 1 rings (SSSR count). The van der Waals surface area contributed by atoms with Gasteiger partial charge in [-0.2, -0.15) is 0 Å². The van der Waals surface area contributed by atoms with Gasteiger partial charge in [0.15, 0.2) is 11.5 Å². The molecule has 0 saturated carbocycles. The summed E-state index contributed by atoms with van der Waals surface area (Å²) in [5.41, 5.74) is -0.188. The highest BCUT2D eigenvalue weighted by molar-refractivity contribution is 5.53. The quantitative estimate of drug-likeness (QED) is 0.732. The standard InChI is InChI=1S/C14H19FO3/c1-14(2,15)11-9-13(18-4)12(17-3)8-10(11)6-5-7-16/h7-9H,5-6H2,1-4H3. The molecule has 1 aromatic rings. The van der Waals surface area contributed by atoms with E-state index in [1.807, 2.05) is 0 Å². The lowest BCUT2D eigenvalue weighted by Gasteiger charge is -2.21. The molecule has 0 aliphatic rings. The normalized spacial score (nSPS) is 11.2. The lowest BCUT2D eigenvalue weighted by atomic mass is 9.91. The number of carbonyl (C=O) groups excluding carboxylic acids is 1. The Morgan fingerprint density at radius 2 is 1.78 bits per heavy atom. The summed E-state index contributed by atoms with van der Waals surface area (Å²) in [7, 11) is 3.04. The van der Waals surface area contributed by atoms with Crippen molar-refractivity contribution in [1.82, 2.24) is 0 Å². The van der Waals surface area contributed by atoms with Crippen molar-refractivity contribution >= 4 is 6.29 Å². The molecule has 0 unspecified atom stereocenters. The lowest BCUT2D eigenvalue weighted by Crippen LogP contribution is -2.13. The molecule has 0 N–H and O–H groups in total. The summed E-state index contributed by atoms with van der Waals surface area (Å²) in [6, 6.07) is 3.37. The van der Waals surface area contributed by atoms with Crippen molar-refractivity contribution in [2.75, 3.05) is 14.2 Å². The van der Waals surface area contributed by atoms with Crippen LogP contribution in [0.4, 0.5) is 4.39 Å². The Morgan fingerprint density at radius 1 is 1.22 bits per heavy atom. The summed E-state index contributed by atoms with van der Waals surface area (Å²) in [5.74, 6) is 1.04. The molecule has 3 nitrogen and oxygen atoms in total. The zero-order chi connectivity index (χ0) is 13.8. The van der Waals surface area contributed by atoms with Crippen LogP contribution < -0.4 is 9.47 Å². The molecule has 0 spiro atoms. The molecule has 18 heavy (non-hydrogen) atoms. The van der Waals surface area contributed by atoms with E-state index in [-0.39, 0.29) is 0 Å². The SMILES string of the molecule is COc1cc(CCC=O)c(C(C)(C)F)cc1OC. The molecule has 0 saturated heterocycles. The number of methoxy groups -OCH3 is 2. The van der Waals surface area contributed by atoms with E-state index in [2.05, 4.69) is 0 Å². The smallest absolute Gasteiger partial charge is 0.161 e. The fourth-order valence-electron chi connectivity index (χ4n) is 1.90. The van der Waals surface area contributed by atoms with Crippen molar-refractivity contribution in [3.63, 3.8) is 0 Å². The Kier molecular flexibility index (Phi) is 4.70. The molecular formula is C14H19FO3. The summed E-state index contributed by atoms with van der Waals surface area (Å²) in [6.45, 7) is 2.97. The number of rotatable bonds is 6. The van der Waals surface area contributed by atoms with E-state index in [4.69, 9.17) is 9.47 Å². The molecule has 1 aromatic carbocycles. The molecule has 0 aromatic heterocycles. The molecule has 0 amide bonds. The molecule has 4 heteroatoms. The molecule has 0 heterocycles. The predicted octanol–water partition coefficient (Wildman–Crippen LogP) is 3.04. The Morgan fingerprint density at radius 3 is 2.22 bits per heavy atom. The predicted molar refractivity (Wildman–Crippen MR) is 68.1 cm³/mol. The van der Waals surface area contributed by atoms with Crippen LogP contribution in [0, 0.1) is 0 Å². The van der Waals surface area contributed by atoms with Crippen LogP contribution in [0.5, 0.6) is 11.5 Å². The van der Waals surface area contributed by atoms with Gasteiger partial charge < -0.3 is 14.3 Å². The summed E-state index contributed by atoms with van der Waals surface area (Å²) in [4.78, 5) is 10.5. The molecule has 0 fully saturated rings. The van der Waals surface area contributed by atoms with Gasteiger partial charge in [0, 0.05) is 6.42 Å². The van der Waals surface area contributed by atoms with E-state index in [0.717, 1.165) is 11.8 Å². The van der Waals surface area contributed by atoms with Gasteiger partial charge in [-0.3, -0.25) is 0 Å². The topological polar surface area (TPSA) is 35.5 Å². The minimum Gasteiger partial charge on any atom is -0.493 e. The third-order valence-corrected chi connectivity index (χ3v) is 2.78. The molecular weight excluding hydrogens is 235 g/mol. The minimum absolute atomic E-state index is 0.360. The van der Waals surface area contributed by atoms with Crippen LogP contribution in [0.15, 0.2) is 12.1 Å². The van der Waals surface area contributed by atoms with E-state index in [0.29, 0.717) is 29.9 Å². The van der Waals surface area contributed by atoms with Gasteiger partial charge in [-0.1, -0.05) is 0 Å². The van der Waals surface area contributed by atoms with E-state index in [1.54, 1.807) is 12.1 Å². The number of halogens is 1.